The number of rotatable bonds is 12. The molecule has 0 bridgehead atoms. The van der Waals surface area contributed by atoms with Crippen LogP contribution in [0.2, 0.25) is 0 Å². The van der Waals surface area contributed by atoms with Crippen LogP contribution in [0.15, 0.2) is 101 Å². The van der Waals surface area contributed by atoms with Gasteiger partial charge in [-0.1, -0.05) is 54.2 Å². The molecular weight excluding hydrogens is 516 g/mol. The van der Waals surface area contributed by atoms with Gasteiger partial charge in [0.2, 0.25) is 0 Å². The number of amides is 1. The number of non-ortho nitro benzene ring substituents is 1. The van der Waals surface area contributed by atoms with Gasteiger partial charge in [-0.05, 0) is 54.4 Å². The molecule has 0 spiro atoms. The second kappa shape index (κ2) is 13.2. The van der Waals surface area contributed by atoms with Crippen LogP contribution in [0.1, 0.15) is 18.1 Å². The number of benzene rings is 3. The Morgan fingerprint density at radius 2 is 1.82 bits per heavy atom. The molecule has 0 radical (unpaired) electrons. The fourth-order valence-electron chi connectivity index (χ4n) is 3.49. The highest BCUT2D eigenvalue weighted by molar-refractivity contribution is 7.99. The summed E-state index contributed by atoms with van der Waals surface area (Å²) in [6.45, 7) is 6.75. The number of nitro benzene ring substituents is 1. The maximum atomic E-state index is 12.4. The van der Waals surface area contributed by atoms with E-state index < -0.39 is 4.92 Å². The number of nitrogens with zero attached hydrogens (tertiary/aromatic N) is 5. The first kappa shape index (κ1) is 27.3. The van der Waals surface area contributed by atoms with Gasteiger partial charge in [0.25, 0.3) is 11.6 Å². The van der Waals surface area contributed by atoms with E-state index in [4.69, 9.17) is 4.74 Å². The number of allylic oxidation sites excluding steroid dienone is 1. The zero-order valence-electron chi connectivity index (χ0n) is 21.2. The van der Waals surface area contributed by atoms with Crippen molar-refractivity contribution in [2.75, 3.05) is 5.75 Å². The number of nitro groups is 1. The minimum Gasteiger partial charge on any atom is -0.489 e. The lowest BCUT2D eigenvalue weighted by molar-refractivity contribution is -0.384. The van der Waals surface area contributed by atoms with E-state index in [0.717, 1.165) is 22.4 Å². The Bertz CT molecular complexity index is 1470. The highest BCUT2D eigenvalue weighted by atomic mass is 32.2. The fraction of sp³-hybridized carbons (Fsp3) is 0.143. The molecule has 1 N–H and O–H groups in total. The maximum absolute atomic E-state index is 12.4. The fourth-order valence-corrected chi connectivity index (χ4v) is 4.22. The van der Waals surface area contributed by atoms with Gasteiger partial charge in [0, 0.05) is 24.2 Å². The molecule has 4 aromatic rings. The summed E-state index contributed by atoms with van der Waals surface area (Å²) in [5.74, 6) is 1.03. The Hall–Kier alpha value is -4.77. The van der Waals surface area contributed by atoms with Crippen molar-refractivity contribution in [1.82, 2.24) is 20.2 Å². The molecule has 0 saturated carbocycles. The number of hydrogen-bond donors (Lipinski definition) is 1. The monoisotopic (exact) mass is 542 g/mol. The summed E-state index contributed by atoms with van der Waals surface area (Å²) in [7, 11) is 0. The predicted octanol–water partition coefficient (Wildman–Crippen LogP) is 5.25. The molecule has 4 rings (SSSR count). The zero-order chi connectivity index (χ0) is 27.6. The van der Waals surface area contributed by atoms with Crippen LogP contribution in [0.3, 0.4) is 0 Å². The molecule has 11 heteroatoms. The molecule has 0 unspecified atom stereocenters. The largest absolute Gasteiger partial charge is 0.489 e. The number of aromatic nitrogens is 3. The van der Waals surface area contributed by atoms with Gasteiger partial charge in [0.15, 0.2) is 11.0 Å². The minimum atomic E-state index is -0.457. The Kier molecular flexibility index (Phi) is 9.20. The lowest BCUT2D eigenvalue weighted by atomic mass is 10.2. The number of hydrazone groups is 1. The van der Waals surface area contributed by atoms with Crippen LogP contribution in [0.5, 0.6) is 5.75 Å². The quantitative estimate of drug-likeness (QED) is 0.0852. The first-order chi connectivity index (χ1) is 18.9. The Morgan fingerprint density at radius 3 is 2.49 bits per heavy atom. The normalized spacial score (nSPS) is 10.9. The zero-order valence-corrected chi connectivity index (χ0v) is 22.0. The third kappa shape index (κ3) is 7.86. The average molecular weight is 543 g/mol. The molecule has 0 atom stereocenters. The maximum Gasteiger partial charge on any atom is 0.269 e. The molecule has 0 saturated heterocycles. The Balaban J connectivity index is 1.31. The van der Waals surface area contributed by atoms with Crippen LogP contribution < -0.4 is 10.2 Å². The minimum absolute atomic E-state index is 0.0103. The molecule has 0 aliphatic rings. The van der Waals surface area contributed by atoms with Crippen molar-refractivity contribution in [2.24, 2.45) is 5.10 Å². The van der Waals surface area contributed by atoms with Crippen LogP contribution in [-0.4, -0.2) is 37.6 Å². The smallest absolute Gasteiger partial charge is 0.269 e. The summed E-state index contributed by atoms with van der Waals surface area (Å²) in [5.41, 5.74) is 5.94. The summed E-state index contributed by atoms with van der Waals surface area (Å²) in [6, 6.07) is 23.4. The van der Waals surface area contributed by atoms with Crippen molar-refractivity contribution < 1.29 is 14.5 Å². The molecule has 0 fully saturated rings. The molecule has 3 aromatic carbocycles. The first-order valence-electron chi connectivity index (χ1n) is 11.9. The molecule has 0 aliphatic heterocycles. The summed E-state index contributed by atoms with van der Waals surface area (Å²) < 4.78 is 7.61. The number of nitrogens with one attached hydrogen (secondary N) is 1. The van der Waals surface area contributed by atoms with Gasteiger partial charge in [0.1, 0.15) is 12.4 Å². The Morgan fingerprint density at radius 1 is 1.10 bits per heavy atom. The van der Waals surface area contributed by atoms with Gasteiger partial charge in [-0.2, -0.15) is 5.10 Å². The van der Waals surface area contributed by atoms with Crippen LogP contribution in [0.4, 0.5) is 5.69 Å². The van der Waals surface area contributed by atoms with Gasteiger partial charge in [-0.3, -0.25) is 19.5 Å². The summed E-state index contributed by atoms with van der Waals surface area (Å²) in [6.07, 6.45) is 1.56. The molecular formula is C28H26N6O4S. The van der Waals surface area contributed by atoms with Crippen molar-refractivity contribution >= 4 is 29.6 Å². The number of carbonyl (C=O) groups is 1. The summed E-state index contributed by atoms with van der Waals surface area (Å²) in [4.78, 5) is 22.9. The van der Waals surface area contributed by atoms with Crippen LogP contribution in [0, 0.1) is 10.1 Å². The van der Waals surface area contributed by atoms with Crippen LogP contribution in [-0.2, 0) is 17.9 Å². The van der Waals surface area contributed by atoms with E-state index in [-0.39, 0.29) is 17.3 Å². The summed E-state index contributed by atoms with van der Waals surface area (Å²) >= 11 is 1.21. The molecule has 1 amide bonds. The Labute approximate surface area is 229 Å². The third-order valence-electron chi connectivity index (χ3n) is 5.34. The van der Waals surface area contributed by atoms with Gasteiger partial charge in [-0.15, -0.1) is 10.2 Å². The van der Waals surface area contributed by atoms with E-state index in [1.165, 1.54) is 23.9 Å². The van der Waals surface area contributed by atoms with Gasteiger partial charge in [0.05, 0.1) is 16.9 Å². The second-order valence-electron chi connectivity index (χ2n) is 8.58. The van der Waals surface area contributed by atoms with Crippen LogP contribution >= 0.6 is 11.8 Å². The van der Waals surface area contributed by atoms with Crippen molar-refractivity contribution in [2.45, 2.75) is 25.2 Å². The average Bonchev–Trinajstić information content (AvgIpc) is 3.33. The standard InChI is InChI=1S/C28H26N6O4S/c1-20(2)17-33-27(23-10-12-24(13-11-23)34(36)37)31-32-28(33)39-19-26(35)30-29-16-21-8-14-25(15-9-21)38-18-22-6-4-3-5-7-22/h3-16H,1,17-19H2,2H3,(H,30,35)/b29-16+. The second-order valence-corrected chi connectivity index (χ2v) is 9.52. The van der Waals surface area contributed by atoms with Crippen molar-refractivity contribution in [1.29, 1.82) is 0 Å². The van der Waals surface area contributed by atoms with E-state index >= 15 is 0 Å². The third-order valence-corrected chi connectivity index (χ3v) is 6.31. The molecule has 0 aliphatic carbocycles. The number of hydrogen-bond acceptors (Lipinski definition) is 8. The van der Waals surface area contributed by atoms with Crippen molar-refractivity contribution in [3.05, 3.63) is 112 Å². The molecule has 1 aromatic heterocycles. The molecule has 10 nitrogen and oxygen atoms in total. The van der Waals surface area contributed by atoms with E-state index in [0.29, 0.717) is 29.7 Å². The van der Waals surface area contributed by atoms with E-state index in [1.807, 2.05) is 66.1 Å². The summed E-state index contributed by atoms with van der Waals surface area (Å²) in [5, 5.41) is 24.0. The first-order valence-corrected chi connectivity index (χ1v) is 12.9. The lowest BCUT2D eigenvalue weighted by Gasteiger charge is -2.10. The van der Waals surface area contributed by atoms with Crippen molar-refractivity contribution in [3.8, 4) is 17.1 Å². The number of carbonyl (C=O) groups excluding carboxylic acids is 1. The van der Waals surface area contributed by atoms with Gasteiger partial charge < -0.3 is 4.74 Å². The van der Waals surface area contributed by atoms with Gasteiger partial charge >= 0.3 is 0 Å². The highest BCUT2D eigenvalue weighted by Crippen LogP contribution is 2.26. The van der Waals surface area contributed by atoms with E-state index in [9.17, 15) is 14.9 Å². The SMILES string of the molecule is C=C(C)Cn1c(SCC(=O)N/N=C/c2ccc(OCc3ccccc3)cc2)nnc1-c1ccc([N+](=O)[O-])cc1. The highest BCUT2D eigenvalue weighted by Gasteiger charge is 2.17. The number of thioether (sulfide) groups is 1. The predicted molar refractivity (Wildman–Crippen MR) is 151 cm³/mol. The lowest BCUT2D eigenvalue weighted by Crippen LogP contribution is -2.20. The topological polar surface area (TPSA) is 125 Å². The molecule has 198 valence electrons. The molecule has 39 heavy (non-hydrogen) atoms. The van der Waals surface area contributed by atoms with Crippen LogP contribution in [0.25, 0.3) is 11.4 Å². The van der Waals surface area contributed by atoms with E-state index in [1.54, 1.807) is 18.3 Å². The number of ether oxygens (including phenoxy) is 1. The van der Waals surface area contributed by atoms with Crippen molar-refractivity contribution in [3.63, 3.8) is 0 Å². The molecule has 1 heterocycles. The van der Waals surface area contributed by atoms with Gasteiger partial charge in [-0.25, -0.2) is 5.43 Å². The van der Waals surface area contributed by atoms with E-state index in [2.05, 4.69) is 27.3 Å².